The maximum Gasteiger partial charge on any atom is 0.306 e. The first kappa shape index (κ1) is 58.4. The molecule has 0 saturated heterocycles. The van der Waals surface area contributed by atoms with Gasteiger partial charge in [-0.3, -0.25) is 14.4 Å². The summed E-state index contributed by atoms with van der Waals surface area (Å²) >= 11 is 0. The lowest BCUT2D eigenvalue weighted by molar-refractivity contribution is -0.167. The van der Waals surface area contributed by atoms with E-state index < -0.39 is 6.10 Å². The Labute approximate surface area is 378 Å². The van der Waals surface area contributed by atoms with Crippen LogP contribution in [0.1, 0.15) is 265 Å². The molecule has 0 bridgehead atoms. The van der Waals surface area contributed by atoms with Crippen LogP contribution in [0.5, 0.6) is 0 Å². The number of hydrogen-bond donors (Lipinski definition) is 0. The molecular weight excluding hydrogens is 757 g/mol. The molecule has 0 rings (SSSR count). The van der Waals surface area contributed by atoms with Crippen LogP contribution in [0.25, 0.3) is 0 Å². The van der Waals surface area contributed by atoms with E-state index in [1.54, 1.807) is 0 Å². The maximum atomic E-state index is 12.8. The van der Waals surface area contributed by atoms with Crippen LogP contribution in [0.4, 0.5) is 0 Å². The Balaban J connectivity index is 4.27. The zero-order chi connectivity index (χ0) is 44.4. The number of hydrogen-bond acceptors (Lipinski definition) is 6. The van der Waals surface area contributed by atoms with E-state index in [0.29, 0.717) is 19.3 Å². The van der Waals surface area contributed by atoms with Crippen LogP contribution >= 0.6 is 0 Å². The second-order valence-electron chi connectivity index (χ2n) is 17.4. The van der Waals surface area contributed by atoms with Crippen molar-refractivity contribution in [3.8, 4) is 0 Å². The highest BCUT2D eigenvalue weighted by Gasteiger charge is 2.19. The number of unbranched alkanes of at least 4 members (excludes halogenated alkanes) is 28. The van der Waals surface area contributed by atoms with Gasteiger partial charge in [-0.25, -0.2) is 0 Å². The number of carbonyl (C=O) groups is 3. The highest BCUT2D eigenvalue weighted by molar-refractivity contribution is 5.71. The van der Waals surface area contributed by atoms with Crippen molar-refractivity contribution in [2.24, 2.45) is 0 Å². The van der Waals surface area contributed by atoms with Gasteiger partial charge >= 0.3 is 17.9 Å². The number of rotatable bonds is 47. The summed E-state index contributed by atoms with van der Waals surface area (Å²) in [7, 11) is 0. The Hall–Kier alpha value is -2.63. The van der Waals surface area contributed by atoms with Crippen molar-refractivity contribution < 1.29 is 28.6 Å². The molecule has 0 radical (unpaired) electrons. The Morgan fingerprint density at radius 2 is 0.590 bits per heavy atom. The Morgan fingerprint density at radius 1 is 0.328 bits per heavy atom. The van der Waals surface area contributed by atoms with Gasteiger partial charge in [0.2, 0.25) is 0 Å². The minimum Gasteiger partial charge on any atom is -0.462 e. The van der Waals surface area contributed by atoms with E-state index in [9.17, 15) is 14.4 Å². The molecule has 0 spiro atoms. The van der Waals surface area contributed by atoms with Crippen LogP contribution in [-0.4, -0.2) is 37.2 Å². The molecule has 0 aliphatic rings. The monoisotopic (exact) mass is 855 g/mol. The van der Waals surface area contributed by atoms with Gasteiger partial charge in [0.1, 0.15) is 13.2 Å². The quantitative estimate of drug-likeness (QED) is 0.0263. The van der Waals surface area contributed by atoms with Gasteiger partial charge in [-0.1, -0.05) is 211 Å². The van der Waals surface area contributed by atoms with Crippen LogP contribution in [0, 0.1) is 0 Å². The highest BCUT2D eigenvalue weighted by Crippen LogP contribution is 2.14. The summed E-state index contributed by atoms with van der Waals surface area (Å²) in [4.78, 5) is 37.8. The van der Waals surface area contributed by atoms with Gasteiger partial charge in [0.15, 0.2) is 6.10 Å². The van der Waals surface area contributed by atoms with Crippen LogP contribution in [0.2, 0.25) is 0 Å². The Kier molecular flexibility index (Phi) is 47.9. The number of esters is 3. The molecule has 0 aromatic rings. The molecular formula is C55H98O6. The van der Waals surface area contributed by atoms with Gasteiger partial charge < -0.3 is 14.2 Å². The standard InChI is InChI=1S/C55H98O6/c1-4-7-10-13-16-18-20-22-24-26-27-29-30-32-34-36-39-42-45-48-54(57)60-51-52(50-59-53(56)47-44-41-38-15-12-9-6-3)61-55(58)49-46-43-40-37-35-33-31-28-25-23-21-19-17-14-11-8-5-2/h16,18,22-25,27,29,52H,4-15,17,19-21,26,28,30-51H2,1-3H3/b18-16-,24-22-,25-23-,29-27-. The molecule has 354 valence electrons. The predicted octanol–water partition coefficient (Wildman–Crippen LogP) is 17.1. The lowest BCUT2D eigenvalue weighted by atomic mass is 10.1. The molecule has 6 nitrogen and oxygen atoms in total. The summed E-state index contributed by atoms with van der Waals surface area (Å²) < 4.78 is 16.7. The van der Waals surface area contributed by atoms with E-state index >= 15 is 0 Å². The van der Waals surface area contributed by atoms with Crippen molar-refractivity contribution in [1.82, 2.24) is 0 Å². The predicted molar refractivity (Wildman–Crippen MR) is 261 cm³/mol. The molecule has 61 heavy (non-hydrogen) atoms. The first-order valence-corrected chi connectivity index (χ1v) is 26.1. The van der Waals surface area contributed by atoms with Crippen LogP contribution < -0.4 is 0 Å². The van der Waals surface area contributed by atoms with Crippen LogP contribution in [0.3, 0.4) is 0 Å². The zero-order valence-electron chi connectivity index (χ0n) is 40.4. The maximum absolute atomic E-state index is 12.8. The van der Waals surface area contributed by atoms with Crippen molar-refractivity contribution >= 4 is 17.9 Å². The van der Waals surface area contributed by atoms with Crippen molar-refractivity contribution in [1.29, 1.82) is 0 Å². The molecule has 0 aliphatic heterocycles. The fourth-order valence-corrected chi connectivity index (χ4v) is 7.33. The van der Waals surface area contributed by atoms with Crippen LogP contribution in [-0.2, 0) is 28.6 Å². The summed E-state index contributed by atoms with van der Waals surface area (Å²) in [5, 5.41) is 0. The van der Waals surface area contributed by atoms with Crippen molar-refractivity contribution in [3.63, 3.8) is 0 Å². The number of allylic oxidation sites excluding steroid dienone is 8. The molecule has 0 N–H and O–H groups in total. The second-order valence-corrected chi connectivity index (χ2v) is 17.4. The topological polar surface area (TPSA) is 78.9 Å². The van der Waals surface area contributed by atoms with Gasteiger partial charge in [-0.05, 0) is 83.5 Å². The van der Waals surface area contributed by atoms with E-state index in [1.165, 1.54) is 148 Å². The van der Waals surface area contributed by atoms with Gasteiger partial charge in [0.25, 0.3) is 0 Å². The zero-order valence-corrected chi connectivity index (χ0v) is 40.4. The van der Waals surface area contributed by atoms with Crippen molar-refractivity contribution in [3.05, 3.63) is 48.6 Å². The molecule has 0 amide bonds. The number of carbonyl (C=O) groups excluding carboxylic acids is 3. The highest BCUT2D eigenvalue weighted by atomic mass is 16.6. The minimum atomic E-state index is -0.776. The molecule has 0 saturated carbocycles. The largest absolute Gasteiger partial charge is 0.462 e. The molecule has 0 heterocycles. The molecule has 1 unspecified atom stereocenters. The molecule has 0 fully saturated rings. The first-order valence-electron chi connectivity index (χ1n) is 26.1. The first-order chi connectivity index (χ1) is 30.0. The smallest absolute Gasteiger partial charge is 0.306 e. The fraction of sp³-hybridized carbons (Fsp3) is 0.800. The molecule has 0 aliphatic carbocycles. The second kappa shape index (κ2) is 50.0. The van der Waals surface area contributed by atoms with E-state index in [-0.39, 0.29) is 31.1 Å². The average molecular weight is 855 g/mol. The van der Waals surface area contributed by atoms with Crippen molar-refractivity contribution in [2.75, 3.05) is 13.2 Å². The molecule has 1 atom stereocenters. The minimum absolute atomic E-state index is 0.0780. The molecule has 0 aromatic heterocycles. The lowest BCUT2D eigenvalue weighted by Gasteiger charge is -2.18. The normalized spacial score (nSPS) is 12.4. The van der Waals surface area contributed by atoms with E-state index in [4.69, 9.17) is 14.2 Å². The van der Waals surface area contributed by atoms with Crippen LogP contribution in [0.15, 0.2) is 48.6 Å². The van der Waals surface area contributed by atoms with E-state index in [2.05, 4.69) is 69.4 Å². The molecule has 0 aromatic carbocycles. The van der Waals surface area contributed by atoms with Gasteiger partial charge in [-0.2, -0.15) is 0 Å². The summed E-state index contributed by atoms with van der Waals surface area (Å²) in [5.41, 5.74) is 0. The summed E-state index contributed by atoms with van der Waals surface area (Å²) in [6.45, 7) is 6.56. The van der Waals surface area contributed by atoms with Crippen molar-refractivity contribution in [2.45, 2.75) is 271 Å². The van der Waals surface area contributed by atoms with Gasteiger partial charge in [-0.15, -0.1) is 0 Å². The summed E-state index contributed by atoms with van der Waals surface area (Å²) in [6.07, 6.45) is 59.6. The lowest BCUT2D eigenvalue weighted by Crippen LogP contribution is -2.30. The Bertz CT molecular complexity index is 1070. The third kappa shape index (κ3) is 48.3. The molecule has 6 heteroatoms. The SMILES string of the molecule is CCCCC/C=C\C/C=C\C/C=C\CCCCCCCCC(=O)OCC(COC(=O)CCCCCCCCC)OC(=O)CCCCCCCCC/C=C\CCCCCCCC. The van der Waals surface area contributed by atoms with E-state index in [0.717, 1.165) is 77.0 Å². The fourth-order valence-electron chi connectivity index (χ4n) is 7.33. The summed E-state index contributed by atoms with van der Waals surface area (Å²) in [5.74, 6) is -0.896. The van der Waals surface area contributed by atoms with E-state index in [1.807, 2.05) is 0 Å². The number of ether oxygens (including phenoxy) is 3. The van der Waals surface area contributed by atoms with Gasteiger partial charge in [0, 0.05) is 19.3 Å². The Morgan fingerprint density at radius 3 is 0.967 bits per heavy atom. The third-order valence-corrected chi connectivity index (χ3v) is 11.3. The van der Waals surface area contributed by atoms with Gasteiger partial charge in [0.05, 0.1) is 0 Å². The summed E-state index contributed by atoms with van der Waals surface area (Å²) in [6, 6.07) is 0. The third-order valence-electron chi connectivity index (χ3n) is 11.3. The average Bonchev–Trinajstić information content (AvgIpc) is 3.26.